The number of carboxylic acid groups (broad SMARTS) is 1. The van der Waals surface area contributed by atoms with Crippen LogP contribution in [0.4, 0.5) is 10.6 Å². The number of halogens is 1. The molecule has 3 rings (SSSR count). The van der Waals surface area contributed by atoms with Crippen LogP contribution in [-0.2, 0) is 0 Å². The number of anilines is 1. The van der Waals surface area contributed by atoms with Crippen LogP contribution in [0.25, 0.3) is 0 Å². The van der Waals surface area contributed by atoms with Crippen molar-refractivity contribution in [3.05, 3.63) is 17.5 Å². The molecule has 3 heterocycles. The van der Waals surface area contributed by atoms with Crippen LogP contribution in [0.2, 0.25) is 5.15 Å². The maximum Gasteiger partial charge on any atom is 0.408 e. The van der Waals surface area contributed by atoms with Gasteiger partial charge in [0.25, 0.3) is 0 Å². The molecule has 6 nitrogen and oxygen atoms in total. The second-order valence-corrected chi connectivity index (χ2v) is 5.87. The lowest BCUT2D eigenvalue weighted by Crippen LogP contribution is -2.56. The van der Waals surface area contributed by atoms with Crippen molar-refractivity contribution in [3.8, 4) is 0 Å². The first-order valence-corrected chi connectivity index (χ1v) is 7.23. The summed E-state index contributed by atoms with van der Waals surface area (Å²) in [5.74, 6) is 0.517. The fourth-order valence-corrected chi connectivity index (χ4v) is 3.74. The summed E-state index contributed by atoms with van der Waals surface area (Å²) < 4.78 is 0. The van der Waals surface area contributed by atoms with E-state index in [0.717, 1.165) is 32.1 Å². The molecule has 108 valence electrons. The molecule has 2 aliphatic heterocycles. The number of amides is 1. The highest BCUT2D eigenvalue weighted by Gasteiger charge is 2.51. The first-order chi connectivity index (χ1) is 9.62. The van der Waals surface area contributed by atoms with E-state index in [2.05, 4.69) is 15.3 Å². The van der Waals surface area contributed by atoms with Gasteiger partial charge in [-0.2, -0.15) is 0 Å². The Morgan fingerprint density at radius 1 is 1.45 bits per heavy atom. The molecule has 0 aliphatic carbocycles. The molecule has 2 saturated heterocycles. The predicted molar refractivity (Wildman–Crippen MR) is 75.0 cm³/mol. The summed E-state index contributed by atoms with van der Waals surface area (Å²) in [6, 6.07) is 0.167. The minimum Gasteiger partial charge on any atom is -0.465 e. The zero-order valence-corrected chi connectivity index (χ0v) is 11.8. The average molecular weight is 297 g/mol. The molecule has 2 N–H and O–H groups in total. The van der Waals surface area contributed by atoms with E-state index in [0.29, 0.717) is 17.5 Å². The van der Waals surface area contributed by atoms with Gasteiger partial charge in [0, 0.05) is 25.0 Å². The Morgan fingerprint density at radius 3 is 3.00 bits per heavy atom. The van der Waals surface area contributed by atoms with Gasteiger partial charge >= 0.3 is 6.09 Å². The number of rotatable bonds is 3. The van der Waals surface area contributed by atoms with E-state index in [1.54, 1.807) is 11.1 Å². The summed E-state index contributed by atoms with van der Waals surface area (Å²) in [5, 5.41) is 13.0. The number of hydrogen-bond donors (Lipinski definition) is 2. The van der Waals surface area contributed by atoms with Crippen molar-refractivity contribution in [2.75, 3.05) is 11.9 Å². The van der Waals surface area contributed by atoms with E-state index in [1.165, 1.54) is 6.20 Å². The van der Waals surface area contributed by atoms with Gasteiger partial charge < -0.3 is 10.4 Å². The van der Waals surface area contributed by atoms with Crippen molar-refractivity contribution >= 4 is 23.5 Å². The summed E-state index contributed by atoms with van der Waals surface area (Å²) in [6.07, 6.45) is 7.06. The second kappa shape index (κ2) is 5.09. The second-order valence-electron chi connectivity index (χ2n) is 5.51. The first-order valence-electron chi connectivity index (χ1n) is 6.85. The molecule has 0 radical (unpaired) electrons. The first kappa shape index (κ1) is 13.4. The van der Waals surface area contributed by atoms with E-state index >= 15 is 0 Å². The summed E-state index contributed by atoms with van der Waals surface area (Å²) in [7, 11) is 0. The number of hydrogen-bond acceptors (Lipinski definition) is 4. The fraction of sp³-hybridized carbons (Fsp3) is 0.615. The maximum absolute atomic E-state index is 11.5. The Labute approximate surface area is 122 Å². The maximum atomic E-state index is 11.5. The van der Waals surface area contributed by atoms with E-state index < -0.39 is 6.09 Å². The molecule has 2 bridgehead atoms. The third-order valence-electron chi connectivity index (χ3n) is 4.44. The number of carbonyl (C=O) groups is 1. The van der Waals surface area contributed by atoms with Gasteiger partial charge in [-0.3, -0.25) is 4.90 Å². The van der Waals surface area contributed by atoms with Gasteiger partial charge in [0.15, 0.2) is 11.0 Å². The van der Waals surface area contributed by atoms with Gasteiger partial charge in [0.2, 0.25) is 0 Å². The third kappa shape index (κ3) is 2.18. The summed E-state index contributed by atoms with van der Waals surface area (Å²) in [5.41, 5.74) is -0.324. The van der Waals surface area contributed by atoms with Gasteiger partial charge in [-0.05, 0) is 32.1 Å². The minimum atomic E-state index is -0.820. The van der Waals surface area contributed by atoms with Crippen molar-refractivity contribution < 1.29 is 9.90 Å². The Kier molecular flexibility index (Phi) is 3.41. The highest BCUT2D eigenvalue weighted by atomic mass is 35.5. The Morgan fingerprint density at radius 2 is 2.25 bits per heavy atom. The van der Waals surface area contributed by atoms with Crippen LogP contribution in [0.1, 0.15) is 32.1 Å². The molecule has 1 aromatic rings. The normalized spacial score (nSPS) is 28.4. The zero-order valence-electron chi connectivity index (χ0n) is 11.0. The lowest BCUT2D eigenvalue weighted by molar-refractivity contribution is 0.0585. The smallest absolute Gasteiger partial charge is 0.408 e. The molecule has 2 fully saturated rings. The number of piperidine rings is 1. The molecule has 0 spiro atoms. The number of aromatic nitrogens is 2. The number of nitrogens with one attached hydrogen (secondary N) is 1. The largest absolute Gasteiger partial charge is 0.465 e. The lowest BCUT2D eigenvalue weighted by atomic mass is 9.88. The molecule has 1 amide bonds. The van der Waals surface area contributed by atoms with E-state index in [9.17, 15) is 9.90 Å². The van der Waals surface area contributed by atoms with Crippen LogP contribution in [0, 0.1) is 0 Å². The molecule has 20 heavy (non-hydrogen) atoms. The topological polar surface area (TPSA) is 78.4 Å². The highest BCUT2D eigenvalue weighted by molar-refractivity contribution is 6.31. The van der Waals surface area contributed by atoms with Crippen LogP contribution in [0.3, 0.4) is 0 Å². The van der Waals surface area contributed by atoms with Crippen molar-refractivity contribution in [1.29, 1.82) is 0 Å². The van der Waals surface area contributed by atoms with Gasteiger partial charge in [-0.1, -0.05) is 11.6 Å². The van der Waals surface area contributed by atoms with Crippen LogP contribution in [0.5, 0.6) is 0 Å². The minimum absolute atomic E-state index is 0.167. The lowest BCUT2D eigenvalue weighted by Gasteiger charge is -2.43. The molecule has 2 aliphatic rings. The van der Waals surface area contributed by atoms with Gasteiger partial charge in [0.1, 0.15) is 0 Å². The van der Waals surface area contributed by atoms with Crippen molar-refractivity contribution in [1.82, 2.24) is 14.9 Å². The molecular formula is C13H17ClN4O2. The molecule has 7 heteroatoms. The molecule has 2 atom stereocenters. The predicted octanol–water partition coefficient (Wildman–Crippen LogP) is 2.61. The average Bonchev–Trinajstić information content (AvgIpc) is 2.66. The summed E-state index contributed by atoms with van der Waals surface area (Å²) in [6.45, 7) is 0.536. The monoisotopic (exact) mass is 296 g/mol. The van der Waals surface area contributed by atoms with Crippen molar-refractivity contribution in [2.45, 2.75) is 43.7 Å². The highest BCUT2D eigenvalue weighted by Crippen LogP contribution is 2.44. The summed E-state index contributed by atoms with van der Waals surface area (Å²) in [4.78, 5) is 21.3. The van der Waals surface area contributed by atoms with Gasteiger partial charge in [0.05, 0.1) is 5.54 Å². The molecule has 0 aromatic carbocycles. The van der Waals surface area contributed by atoms with E-state index in [-0.39, 0.29) is 11.6 Å². The molecule has 2 unspecified atom stereocenters. The number of nitrogens with zero attached hydrogens (tertiary/aromatic N) is 3. The molecular weight excluding hydrogens is 280 g/mol. The van der Waals surface area contributed by atoms with E-state index in [1.807, 2.05) is 0 Å². The molecule has 0 saturated carbocycles. The van der Waals surface area contributed by atoms with Crippen LogP contribution >= 0.6 is 11.6 Å². The van der Waals surface area contributed by atoms with Gasteiger partial charge in [-0.15, -0.1) is 0 Å². The Bertz CT molecular complexity index is 523. The van der Waals surface area contributed by atoms with Crippen molar-refractivity contribution in [3.63, 3.8) is 0 Å². The zero-order chi connectivity index (χ0) is 14.2. The summed E-state index contributed by atoms with van der Waals surface area (Å²) >= 11 is 5.97. The Balaban J connectivity index is 1.78. The van der Waals surface area contributed by atoms with Gasteiger partial charge in [-0.25, -0.2) is 14.8 Å². The SMILES string of the molecule is O=C(O)N1C2CCCC1(CNc1nccnc1Cl)CC2. The Hall–Kier alpha value is -1.56. The van der Waals surface area contributed by atoms with Crippen LogP contribution < -0.4 is 5.32 Å². The van der Waals surface area contributed by atoms with Crippen LogP contribution in [0.15, 0.2) is 12.4 Å². The third-order valence-corrected chi connectivity index (χ3v) is 4.72. The number of fused-ring (bicyclic) bond motifs is 2. The fourth-order valence-electron chi connectivity index (χ4n) is 3.57. The quantitative estimate of drug-likeness (QED) is 0.896. The van der Waals surface area contributed by atoms with Crippen LogP contribution in [-0.4, -0.2) is 44.2 Å². The molecule has 1 aromatic heterocycles. The van der Waals surface area contributed by atoms with E-state index in [4.69, 9.17) is 11.6 Å². The standard InChI is InChI=1S/C13H17ClN4O2/c14-10-11(16-7-6-15-10)17-8-13-4-1-2-9(3-5-13)18(13)12(19)20/h6-7,9H,1-5,8H2,(H,16,17)(H,19,20). The van der Waals surface area contributed by atoms with Crippen molar-refractivity contribution in [2.24, 2.45) is 0 Å².